The molecule has 0 spiro atoms. The average molecular weight is 335 g/mol. The van der Waals surface area contributed by atoms with E-state index in [-0.39, 0.29) is 16.8 Å². The molecule has 0 saturated carbocycles. The summed E-state index contributed by atoms with van der Waals surface area (Å²) in [4.78, 5) is 23.7. The van der Waals surface area contributed by atoms with E-state index < -0.39 is 17.7 Å². The van der Waals surface area contributed by atoms with Crippen molar-refractivity contribution in [3.8, 4) is 11.1 Å². The molecular weight excluding hydrogens is 321 g/mol. The third-order valence-electron chi connectivity index (χ3n) is 3.69. The Hall–Kier alpha value is -3.47. The lowest BCUT2D eigenvalue weighted by Gasteiger charge is -2.11. The van der Waals surface area contributed by atoms with E-state index in [1.807, 2.05) is 30.3 Å². The molecule has 0 aliphatic heterocycles. The van der Waals surface area contributed by atoms with Gasteiger partial charge in [0.15, 0.2) is 0 Å². The lowest BCUT2D eigenvalue weighted by atomic mass is 10.0. The first-order valence-corrected chi connectivity index (χ1v) is 7.54. The van der Waals surface area contributed by atoms with E-state index in [2.05, 4.69) is 5.32 Å². The molecule has 0 bridgehead atoms. The lowest BCUT2D eigenvalue weighted by Crippen LogP contribution is -2.15. The normalized spacial score (nSPS) is 10.3. The van der Waals surface area contributed by atoms with Crippen LogP contribution in [0.5, 0.6) is 0 Å². The summed E-state index contributed by atoms with van der Waals surface area (Å²) in [5.74, 6) is -2.27. The van der Waals surface area contributed by atoms with Crippen LogP contribution in [0.25, 0.3) is 11.1 Å². The predicted molar refractivity (Wildman–Crippen MR) is 93.2 cm³/mol. The quantitative estimate of drug-likeness (QED) is 0.740. The minimum atomic E-state index is -1.16. The van der Waals surface area contributed by atoms with Crippen molar-refractivity contribution in [2.45, 2.75) is 0 Å². The van der Waals surface area contributed by atoms with Crippen LogP contribution < -0.4 is 5.32 Å². The minimum Gasteiger partial charge on any atom is -0.478 e. The Bertz CT molecular complexity index is 939. The zero-order chi connectivity index (χ0) is 17.8. The van der Waals surface area contributed by atoms with E-state index >= 15 is 0 Å². The number of carboxylic acid groups (broad SMARTS) is 1. The number of rotatable bonds is 4. The van der Waals surface area contributed by atoms with Crippen molar-refractivity contribution in [1.82, 2.24) is 0 Å². The summed E-state index contributed by atoms with van der Waals surface area (Å²) in [7, 11) is 0. The number of benzene rings is 3. The first-order chi connectivity index (χ1) is 12.0. The SMILES string of the molecule is O=C(Nc1cc(-c2ccccc2)ccc1C(=O)O)c1cccc(F)c1. The summed E-state index contributed by atoms with van der Waals surface area (Å²) >= 11 is 0. The fourth-order valence-corrected chi connectivity index (χ4v) is 2.47. The smallest absolute Gasteiger partial charge is 0.337 e. The van der Waals surface area contributed by atoms with Crippen molar-refractivity contribution in [2.24, 2.45) is 0 Å². The van der Waals surface area contributed by atoms with Crippen LogP contribution in [0.1, 0.15) is 20.7 Å². The molecule has 3 rings (SSSR count). The van der Waals surface area contributed by atoms with Crippen LogP contribution in [-0.4, -0.2) is 17.0 Å². The summed E-state index contributed by atoms with van der Waals surface area (Å²) in [6, 6.07) is 19.3. The van der Waals surface area contributed by atoms with Gasteiger partial charge in [-0.25, -0.2) is 9.18 Å². The second-order valence-electron chi connectivity index (χ2n) is 5.40. The number of aromatic carboxylic acids is 1. The van der Waals surface area contributed by atoms with Crippen molar-refractivity contribution in [2.75, 3.05) is 5.32 Å². The zero-order valence-corrected chi connectivity index (χ0v) is 13.1. The molecule has 124 valence electrons. The van der Waals surface area contributed by atoms with Crippen molar-refractivity contribution < 1.29 is 19.1 Å². The maximum atomic E-state index is 13.3. The van der Waals surface area contributed by atoms with Crippen LogP contribution in [0.2, 0.25) is 0 Å². The maximum absolute atomic E-state index is 13.3. The average Bonchev–Trinajstić information content (AvgIpc) is 2.62. The van der Waals surface area contributed by atoms with E-state index in [0.717, 1.165) is 17.2 Å². The molecule has 4 nitrogen and oxygen atoms in total. The topological polar surface area (TPSA) is 66.4 Å². The standard InChI is InChI=1S/C20H14FNO3/c21-16-8-4-7-15(11-16)19(23)22-18-12-14(9-10-17(18)20(24)25)13-5-2-1-3-6-13/h1-12H,(H,22,23)(H,24,25). The largest absolute Gasteiger partial charge is 0.478 e. The number of carbonyl (C=O) groups excluding carboxylic acids is 1. The molecule has 0 unspecified atom stereocenters. The Balaban J connectivity index is 1.98. The van der Waals surface area contributed by atoms with Gasteiger partial charge < -0.3 is 10.4 Å². The number of carboxylic acids is 1. The van der Waals surface area contributed by atoms with Gasteiger partial charge in [-0.2, -0.15) is 0 Å². The Morgan fingerprint density at radius 3 is 2.28 bits per heavy atom. The van der Waals surface area contributed by atoms with Gasteiger partial charge in [-0.3, -0.25) is 4.79 Å². The van der Waals surface area contributed by atoms with E-state index in [9.17, 15) is 19.1 Å². The molecule has 0 radical (unpaired) electrons. The Labute approximate surface area is 143 Å². The van der Waals surface area contributed by atoms with Crippen molar-refractivity contribution in [1.29, 1.82) is 0 Å². The van der Waals surface area contributed by atoms with Crippen LogP contribution >= 0.6 is 0 Å². The molecule has 0 saturated heterocycles. The molecule has 1 amide bonds. The Morgan fingerprint density at radius 1 is 0.840 bits per heavy atom. The summed E-state index contributed by atoms with van der Waals surface area (Å²) in [5.41, 5.74) is 1.88. The highest BCUT2D eigenvalue weighted by Gasteiger charge is 2.15. The molecule has 0 aliphatic rings. The number of nitrogens with one attached hydrogen (secondary N) is 1. The van der Waals surface area contributed by atoms with Crippen LogP contribution in [0.4, 0.5) is 10.1 Å². The number of carbonyl (C=O) groups is 2. The highest BCUT2D eigenvalue weighted by Crippen LogP contribution is 2.26. The molecule has 0 aromatic heterocycles. The molecule has 3 aromatic rings. The van der Waals surface area contributed by atoms with Gasteiger partial charge in [-0.1, -0.05) is 42.5 Å². The Kier molecular flexibility index (Phi) is 4.57. The first kappa shape index (κ1) is 16.4. The highest BCUT2D eigenvalue weighted by molar-refractivity contribution is 6.08. The molecule has 0 heterocycles. The third kappa shape index (κ3) is 3.72. The zero-order valence-electron chi connectivity index (χ0n) is 13.1. The number of anilines is 1. The van der Waals surface area contributed by atoms with Gasteiger partial charge in [0.05, 0.1) is 11.3 Å². The predicted octanol–water partition coefficient (Wildman–Crippen LogP) is 4.44. The van der Waals surface area contributed by atoms with Gasteiger partial charge in [0.1, 0.15) is 5.82 Å². The molecule has 0 fully saturated rings. The summed E-state index contributed by atoms with van der Waals surface area (Å²) in [5, 5.41) is 11.9. The van der Waals surface area contributed by atoms with Crippen LogP contribution in [0.15, 0.2) is 72.8 Å². The van der Waals surface area contributed by atoms with Crippen molar-refractivity contribution >= 4 is 17.6 Å². The van der Waals surface area contributed by atoms with Crippen molar-refractivity contribution in [3.05, 3.63) is 89.7 Å². The molecule has 25 heavy (non-hydrogen) atoms. The summed E-state index contributed by atoms with van der Waals surface area (Å²) < 4.78 is 13.3. The van der Waals surface area contributed by atoms with Gasteiger partial charge in [-0.15, -0.1) is 0 Å². The van der Waals surface area contributed by atoms with E-state index in [4.69, 9.17) is 0 Å². The molecule has 0 atom stereocenters. The number of hydrogen-bond acceptors (Lipinski definition) is 2. The van der Waals surface area contributed by atoms with Gasteiger partial charge in [0, 0.05) is 5.56 Å². The van der Waals surface area contributed by atoms with Crippen LogP contribution in [0.3, 0.4) is 0 Å². The molecule has 3 aromatic carbocycles. The first-order valence-electron chi connectivity index (χ1n) is 7.54. The van der Waals surface area contributed by atoms with E-state index in [0.29, 0.717) is 0 Å². The van der Waals surface area contributed by atoms with Gasteiger partial charge >= 0.3 is 5.97 Å². The van der Waals surface area contributed by atoms with Gasteiger partial charge in [0.2, 0.25) is 0 Å². The molecular formula is C20H14FNO3. The minimum absolute atomic E-state index is 0.0376. The second kappa shape index (κ2) is 6.97. The van der Waals surface area contributed by atoms with E-state index in [1.54, 1.807) is 12.1 Å². The fraction of sp³-hybridized carbons (Fsp3) is 0. The monoisotopic (exact) mass is 335 g/mol. The second-order valence-corrected chi connectivity index (χ2v) is 5.40. The van der Waals surface area contributed by atoms with Crippen molar-refractivity contribution in [3.63, 3.8) is 0 Å². The Morgan fingerprint density at radius 2 is 1.60 bits per heavy atom. The van der Waals surface area contributed by atoms with E-state index in [1.165, 1.54) is 24.3 Å². The number of amides is 1. The molecule has 0 aliphatic carbocycles. The maximum Gasteiger partial charge on any atom is 0.337 e. The summed E-state index contributed by atoms with van der Waals surface area (Å²) in [6.45, 7) is 0. The van der Waals surface area contributed by atoms with Crippen LogP contribution in [0, 0.1) is 5.82 Å². The third-order valence-corrected chi connectivity index (χ3v) is 3.69. The summed E-state index contributed by atoms with van der Waals surface area (Å²) in [6.07, 6.45) is 0. The lowest BCUT2D eigenvalue weighted by molar-refractivity contribution is 0.0698. The van der Waals surface area contributed by atoms with Gasteiger partial charge in [0.25, 0.3) is 5.91 Å². The molecule has 5 heteroatoms. The van der Waals surface area contributed by atoms with Gasteiger partial charge in [-0.05, 0) is 41.5 Å². The highest BCUT2D eigenvalue weighted by atomic mass is 19.1. The number of hydrogen-bond donors (Lipinski definition) is 2. The number of halogens is 1. The fourth-order valence-electron chi connectivity index (χ4n) is 2.47. The van der Waals surface area contributed by atoms with Crippen LogP contribution in [-0.2, 0) is 0 Å². The molecule has 2 N–H and O–H groups in total.